The van der Waals surface area contributed by atoms with E-state index in [1.807, 2.05) is 13.8 Å². The summed E-state index contributed by atoms with van der Waals surface area (Å²) >= 11 is 0. The van der Waals surface area contributed by atoms with Crippen molar-refractivity contribution in [2.45, 2.75) is 26.8 Å². The third kappa shape index (κ3) is 3.96. The Balaban J connectivity index is 2.70. The van der Waals surface area contributed by atoms with Gasteiger partial charge in [-0.1, -0.05) is 25.1 Å². The molecule has 1 aromatic carbocycles. The van der Waals surface area contributed by atoms with Crippen molar-refractivity contribution >= 4 is 11.7 Å². The van der Waals surface area contributed by atoms with Gasteiger partial charge in [-0.3, -0.25) is 9.59 Å². The molecule has 18 heavy (non-hydrogen) atoms. The van der Waals surface area contributed by atoms with Crippen LogP contribution in [0.25, 0.3) is 0 Å². The van der Waals surface area contributed by atoms with Gasteiger partial charge in [-0.25, -0.2) is 0 Å². The van der Waals surface area contributed by atoms with E-state index in [1.54, 1.807) is 24.3 Å². The van der Waals surface area contributed by atoms with E-state index in [0.29, 0.717) is 17.7 Å². The van der Waals surface area contributed by atoms with Crippen molar-refractivity contribution in [3.8, 4) is 0 Å². The summed E-state index contributed by atoms with van der Waals surface area (Å²) in [6.07, 6.45) is 0. The Morgan fingerprint density at radius 1 is 1.22 bits per heavy atom. The van der Waals surface area contributed by atoms with Crippen molar-refractivity contribution in [3.63, 3.8) is 0 Å². The van der Waals surface area contributed by atoms with Gasteiger partial charge >= 0.3 is 0 Å². The first kappa shape index (κ1) is 14.4. The molecular formula is C14H20N2O2. The molecule has 2 N–H and O–H groups in total. The highest BCUT2D eigenvalue weighted by atomic mass is 16.2. The summed E-state index contributed by atoms with van der Waals surface area (Å²) in [5.41, 5.74) is 0.903. The fourth-order valence-corrected chi connectivity index (χ4v) is 1.75. The van der Waals surface area contributed by atoms with Gasteiger partial charge in [0.25, 0.3) is 5.91 Å². The van der Waals surface area contributed by atoms with E-state index in [9.17, 15) is 9.59 Å². The molecule has 0 aliphatic rings. The average Bonchev–Trinajstić information content (AvgIpc) is 2.36. The predicted molar refractivity (Wildman–Crippen MR) is 71.9 cm³/mol. The first-order chi connectivity index (χ1) is 8.56. The van der Waals surface area contributed by atoms with Gasteiger partial charge in [-0.15, -0.1) is 0 Å². The van der Waals surface area contributed by atoms with Crippen LogP contribution in [-0.4, -0.2) is 30.8 Å². The second-order valence-electron chi connectivity index (χ2n) is 4.27. The monoisotopic (exact) mass is 248 g/mol. The Hall–Kier alpha value is -1.68. The molecule has 0 radical (unpaired) electrons. The molecule has 1 atom stereocenters. The summed E-state index contributed by atoms with van der Waals surface area (Å²) < 4.78 is 0. The maximum Gasteiger partial charge on any atom is 0.252 e. The highest BCUT2D eigenvalue weighted by molar-refractivity contribution is 6.07. The van der Waals surface area contributed by atoms with Crippen LogP contribution in [0.4, 0.5) is 0 Å². The molecule has 0 saturated heterocycles. The van der Waals surface area contributed by atoms with E-state index in [4.69, 9.17) is 0 Å². The molecule has 0 bridgehead atoms. The number of likely N-dealkylation sites (N-methyl/N-ethyl adjacent to an activating group) is 1. The normalized spacial score (nSPS) is 11.9. The molecule has 1 rings (SSSR count). The Bertz CT molecular complexity index is 430. The standard InChI is InChI=1S/C14H20N2O2/c1-4-15-10(2)9-16-14(18)13-8-6-5-7-12(13)11(3)17/h5-8,10,15H,4,9H2,1-3H3,(H,16,18)/t10-/m1/s1. The van der Waals surface area contributed by atoms with Crippen molar-refractivity contribution < 1.29 is 9.59 Å². The number of ketones is 1. The first-order valence-electron chi connectivity index (χ1n) is 6.17. The molecule has 4 heteroatoms. The second-order valence-corrected chi connectivity index (χ2v) is 4.27. The quantitative estimate of drug-likeness (QED) is 0.752. The zero-order valence-corrected chi connectivity index (χ0v) is 11.1. The smallest absolute Gasteiger partial charge is 0.252 e. The molecule has 4 nitrogen and oxygen atoms in total. The highest BCUT2D eigenvalue weighted by Crippen LogP contribution is 2.09. The molecule has 1 amide bonds. The van der Waals surface area contributed by atoms with E-state index in [2.05, 4.69) is 10.6 Å². The maximum atomic E-state index is 12.0. The Morgan fingerprint density at radius 2 is 1.83 bits per heavy atom. The van der Waals surface area contributed by atoms with E-state index in [-0.39, 0.29) is 17.7 Å². The van der Waals surface area contributed by atoms with E-state index >= 15 is 0 Å². The minimum atomic E-state index is -0.203. The number of Topliss-reactive ketones (excluding diaryl/α,β-unsaturated/α-hetero) is 1. The molecule has 98 valence electrons. The molecule has 0 saturated carbocycles. The lowest BCUT2D eigenvalue weighted by molar-refractivity contribution is 0.0936. The molecular weight excluding hydrogens is 228 g/mol. The average molecular weight is 248 g/mol. The minimum absolute atomic E-state index is 0.0968. The number of carbonyl (C=O) groups excluding carboxylic acids is 2. The lowest BCUT2D eigenvalue weighted by atomic mass is 10.0. The third-order valence-electron chi connectivity index (χ3n) is 2.67. The van der Waals surface area contributed by atoms with Gasteiger partial charge < -0.3 is 10.6 Å². The third-order valence-corrected chi connectivity index (χ3v) is 2.67. The molecule has 0 spiro atoms. The number of nitrogens with one attached hydrogen (secondary N) is 2. The van der Waals surface area contributed by atoms with Crippen LogP contribution in [0.15, 0.2) is 24.3 Å². The Labute approximate surface area is 108 Å². The fraction of sp³-hybridized carbons (Fsp3) is 0.429. The topological polar surface area (TPSA) is 58.2 Å². The summed E-state index contributed by atoms with van der Waals surface area (Å²) in [4.78, 5) is 23.4. The number of carbonyl (C=O) groups is 2. The van der Waals surface area contributed by atoms with Crippen LogP contribution >= 0.6 is 0 Å². The summed E-state index contributed by atoms with van der Waals surface area (Å²) in [6.45, 7) is 6.89. The van der Waals surface area contributed by atoms with Crippen molar-refractivity contribution in [1.29, 1.82) is 0 Å². The largest absolute Gasteiger partial charge is 0.350 e. The fourth-order valence-electron chi connectivity index (χ4n) is 1.75. The van der Waals surface area contributed by atoms with Gasteiger partial charge in [-0.2, -0.15) is 0 Å². The number of hydrogen-bond donors (Lipinski definition) is 2. The molecule has 0 aliphatic carbocycles. The summed E-state index contributed by atoms with van der Waals surface area (Å²) in [7, 11) is 0. The summed E-state index contributed by atoms with van der Waals surface area (Å²) in [6, 6.07) is 7.07. The molecule has 0 fully saturated rings. The van der Waals surface area contributed by atoms with Gasteiger partial charge in [0.05, 0.1) is 5.56 Å². The van der Waals surface area contributed by atoms with Crippen LogP contribution in [0.1, 0.15) is 41.5 Å². The molecule has 0 unspecified atom stereocenters. The number of rotatable bonds is 6. The SMILES string of the molecule is CCN[C@H](C)CNC(=O)c1ccccc1C(C)=O. The number of benzene rings is 1. The van der Waals surface area contributed by atoms with Gasteiger partial charge in [-0.05, 0) is 26.5 Å². The Morgan fingerprint density at radius 3 is 2.39 bits per heavy atom. The van der Waals surface area contributed by atoms with E-state index in [0.717, 1.165) is 6.54 Å². The van der Waals surface area contributed by atoms with Crippen LogP contribution < -0.4 is 10.6 Å². The van der Waals surface area contributed by atoms with Gasteiger partial charge in [0.2, 0.25) is 0 Å². The van der Waals surface area contributed by atoms with Gasteiger partial charge in [0.1, 0.15) is 0 Å². The minimum Gasteiger partial charge on any atom is -0.350 e. The van der Waals surface area contributed by atoms with Crippen molar-refractivity contribution in [3.05, 3.63) is 35.4 Å². The zero-order valence-electron chi connectivity index (χ0n) is 11.1. The van der Waals surface area contributed by atoms with E-state index in [1.165, 1.54) is 6.92 Å². The van der Waals surface area contributed by atoms with Crippen LogP contribution in [-0.2, 0) is 0 Å². The number of hydrogen-bond acceptors (Lipinski definition) is 3. The zero-order chi connectivity index (χ0) is 13.5. The predicted octanol–water partition coefficient (Wildman–Crippen LogP) is 1.62. The molecule has 1 aromatic rings. The van der Waals surface area contributed by atoms with Crippen molar-refractivity contribution in [1.82, 2.24) is 10.6 Å². The lowest BCUT2D eigenvalue weighted by Crippen LogP contribution is -2.39. The van der Waals surface area contributed by atoms with Crippen LogP contribution in [0.3, 0.4) is 0 Å². The molecule has 0 aliphatic heterocycles. The number of amides is 1. The van der Waals surface area contributed by atoms with Gasteiger partial charge in [0, 0.05) is 18.2 Å². The Kier molecular flexibility index (Phi) is 5.52. The first-order valence-corrected chi connectivity index (χ1v) is 6.17. The lowest BCUT2D eigenvalue weighted by Gasteiger charge is -2.14. The van der Waals surface area contributed by atoms with Crippen LogP contribution in [0.2, 0.25) is 0 Å². The van der Waals surface area contributed by atoms with Crippen LogP contribution in [0.5, 0.6) is 0 Å². The van der Waals surface area contributed by atoms with Crippen molar-refractivity contribution in [2.24, 2.45) is 0 Å². The summed E-state index contributed by atoms with van der Waals surface area (Å²) in [5, 5.41) is 6.03. The van der Waals surface area contributed by atoms with E-state index < -0.39 is 0 Å². The molecule has 0 aromatic heterocycles. The highest BCUT2D eigenvalue weighted by Gasteiger charge is 2.13. The molecule has 0 heterocycles. The van der Waals surface area contributed by atoms with Crippen molar-refractivity contribution in [2.75, 3.05) is 13.1 Å². The maximum absolute atomic E-state index is 12.0. The van der Waals surface area contributed by atoms with Gasteiger partial charge in [0.15, 0.2) is 5.78 Å². The second kappa shape index (κ2) is 6.91. The summed E-state index contributed by atoms with van der Waals surface area (Å²) in [5.74, 6) is -0.300. The van der Waals surface area contributed by atoms with Crippen LogP contribution in [0, 0.1) is 0 Å².